The lowest BCUT2D eigenvalue weighted by Crippen LogP contribution is -2.18. The zero-order chi connectivity index (χ0) is 8.41. The Morgan fingerprint density at radius 2 is 2.00 bits per heavy atom. The van der Waals surface area contributed by atoms with Gasteiger partial charge < -0.3 is 11.5 Å². The van der Waals surface area contributed by atoms with Gasteiger partial charge in [-0.3, -0.25) is 0 Å². The van der Waals surface area contributed by atoms with Gasteiger partial charge in [-0.15, -0.1) is 0 Å². The molecule has 0 amide bonds. The van der Waals surface area contributed by atoms with E-state index in [9.17, 15) is 0 Å². The van der Waals surface area contributed by atoms with Gasteiger partial charge in [0.25, 0.3) is 0 Å². The highest BCUT2D eigenvalue weighted by atomic mass is 32.2. The van der Waals surface area contributed by atoms with Gasteiger partial charge in [-0.05, 0) is 23.7 Å². The third-order valence-electron chi connectivity index (χ3n) is 0.440. The summed E-state index contributed by atoms with van der Waals surface area (Å²) in [6.07, 6.45) is 0. The maximum atomic E-state index is 4.62. The van der Waals surface area contributed by atoms with Crippen LogP contribution in [0.5, 0.6) is 0 Å². The standard InChI is InChI=1S/C4H10S2.CH4N2S/c1-2-6-4-3-5;2-1(3)4/h5H,2-4H2,1H3;(H4,2,3,4). The molecule has 0 aromatic heterocycles. The number of hydrogen-bond acceptors (Lipinski definition) is 3. The maximum absolute atomic E-state index is 4.62. The molecule has 0 spiro atoms. The van der Waals surface area contributed by atoms with Crippen LogP contribution in [-0.2, 0) is 0 Å². The van der Waals surface area contributed by atoms with Crippen LogP contribution in [0, 0.1) is 0 Å². The van der Waals surface area contributed by atoms with E-state index in [-0.39, 0.29) is 5.11 Å². The van der Waals surface area contributed by atoms with E-state index in [4.69, 9.17) is 0 Å². The molecule has 0 radical (unpaired) electrons. The summed E-state index contributed by atoms with van der Waals surface area (Å²) in [5.74, 6) is 3.43. The molecule has 5 heteroatoms. The van der Waals surface area contributed by atoms with Crippen LogP contribution in [0.15, 0.2) is 0 Å². The fraction of sp³-hybridized carbons (Fsp3) is 0.800. The summed E-state index contributed by atoms with van der Waals surface area (Å²) in [5, 5.41) is 0.000000000000000222. The largest absolute Gasteiger partial charge is 0.377 e. The van der Waals surface area contributed by atoms with Crippen molar-refractivity contribution in [3.8, 4) is 0 Å². The second-order valence-electron chi connectivity index (χ2n) is 1.32. The lowest BCUT2D eigenvalue weighted by Gasteiger charge is -1.86. The number of thiocarbonyl (C=S) groups is 1. The van der Waals surface area contributed by atoms with Gasteiger partial charge in [0.1, 0.15) is 0 Å². The molecule has 0 atom stereocenters. The Kier molecular flexibility index (Phi) is 15.8. The molecule has 62 valence electrons. The van der Waals surface area contributed by atoms with Crippen molar-refractivity contribution in [3.63, 3.8) is 0 Å². The molecule has 0 aromatic rings. The molecule has 2 nitrogen and oxygen atoms in total. The van der Waals surface area contributed by atoms with Gasteiger partial charge in [0, 0.05) is 5.75 Å². The molecule has 0 bridgehead atoms. The molecular weight excluding hydrogens is 184 g/mol. The van der Waals surface area contributed by atoms with E-state index in [0.717, 1.165) is 5.75 Å². The topological polar surface area (TPSA) is 52.0 Å². The molecule has 0 saturated carbocycles. The average Bonchev–Trinajstić information content (AvgIpc) is 1.82. The van der Waals surface area contributed by atoms with Crippen molar-refractivity contribution < 1.29 is 0 Å². The summed E-state index contributed by atoms with van der Waals surface area (Å²) in [6.45, 7) is 2.16. The predicted octanol–water partition coefficient (Wildman–Crippen LogP) is 0.858. The van der Waals surface area contributed by atoms with E-state index in [2.05, 4.69) is 43.2 Å². The number of nitrogens with two attached hydrogens (primary N) is 2. The third kappa shape index (κ3) is 39.9. The minimum atomic E-state index is 0.000000000000000222. The van der Waals surface area contributed by atoms with E-state index in [1.807, 2.05) is 11.8 Å². The summed E-state index contributed by atoms with van der Waals surface area (Å²) in [4.78, 5) is 0. The highest BCUT2D eigenvalue weighted by Crippen LogP contribution is 1.96. The fourth-order valence-electron chi connectivity index (χ4n) is 0.209. The minimum absolute atomic E-state index is 0.000000000000000222. The summed E-state index contributed by atoms with van der Waals surface area (Å²) < 4.78 is 0. The van der Waals surface area contributed by atoms with Crippen LogP contribution in [0.2, 0.25) is 0 Å². The van der Waals surface area contributed by atoms with Crippen LogP contribution in [0.3, 0.4) is 0 Å². The zero-order valence-electron chi connectivity index (χ0n) is 6.04. The molecular formula is C5H14N2S3. The van der Waals surface area contributed by atoms with E-state index in [1.165, 1.54) is 11.5 Å². The van der Waals surface area contributed by atoms with Crippen molar-refractivity contribution in [3.05, 3.63) is 0 Å². The van der Waals surface area contributed by atoms with Crippen LogP contribution in [-0.4, -0.2) is 22.4 Å². The number of hydrogen-bond donors (Lipinski definition) is 3. The van der Waals surface area contributed by atoms with E-state index >= 15 is 0 Å². The van der Waals surface area contributed by atoms with Gasteiger partial charge in [-0.1, -0.05) is 6.92 Å². The molecule has 0 rings (SSSR count). The number of rotatable bonds is 3. The Morgan fingerprint density at radius 3 is 2.10 bits per heavy atom. The Morgan fingerprint density at radius 1 is 1.60 bits per heavy atom. The molecule has 0 unspecified atom stereocenters. The van der Waals surface area contributed by atoms with Gasteiger partial charge in [0.15, 0.2) is 5.11 Å². The third-order valence-corrected chi connectivity index (χ3v) is 1.87. The van der Waals surface area contributed by atoms with Crippen molar-refractivity contribution in [2.24, 2.45) is 11.5 Å². The Labute approximate surface area is 77.5 Å². The Bertz CT molecular complexity index is 69.3. The van der Waals surface area contributed by atoms with Crippen molar-refractivity contribution >= 4 is 41.7 Å². The van der Waals surface area contributed by atoms with Crippen LogP contribution in [0.4, 0.5) is 0 Å². The van der Waals surface area contributed by atoms with Crippen LogP contribution in [0.25, 0.3) is 0 Å². The van der Waals surface area contributed by atoms with E-state index in [0.29, 0.717) is 0 Å². The van der Waals surface area contributed by atoms with Crippen LogP contribution < -0.4 is 11.5 Å². The molecule has 0 fully saturated rings. The Hall–Kier alpha value is 0.390. The zero-order valence-corrected chi connectivity index (χ0v) is 8.57. The van der Waals surface area contributed by atoms with Crippen molar-refractivity contribution in [2.75, 3.05) is 17.3 Å². The summed E-state index contributed by atoms with van der Waals surface area (Å²) in [5.41, 5.74) is 9.24. The van der Waals surface area contributed by atoms with Gasteiger partial charge in [-0.2, -0.15) is 24.4 Å². The summed E-state index contributed by atoms with van der Waals surface area (Å²) in [6, 6.07) is 0. The van der Waals surface area contributed by atoms with Gasteiger partial charge in [-0.25, -0.2) is 0 Å². The molecule has 0 aliphatic carbocycles. The highest BCUT2D eigenvalue weighted by Gasteiger charge is 1.75. The molecule has 10 heavy (non-hydrogen) atoms. The molecule has 0 saturated heterocycles. The van der Waals surface area contributed by atoms with Crippen molar-refractivity contribution in [1.82, 2.24) is 0 Å². The molecule has 0 aliphatic rings. The van der Waals surface area contributed by atoms with Gasteiger partial charge in [0.05, 0.1) is 0 Å². The Balaban J connectivity index is 0. The summed E-state index contributed by atoms with van der Waals surface area (Å²) in [7, 11) is 0. The fourth-order valence-corrected chi connectivity index (χ4v) is 1.01. The molecule has 0 heterocycles. The second kappa shape index (κ2) is 12.1. The smallest absolute Gasteiger partial charge is 0.160 e. The quantitative estimate of drug-likeness (QED) is 0.358. The maximum Gasteiger partial charge on any atom is 0.160 e. The van der Waals surface area contributed by atoms with Gasteiger partial charge in [0.2, 0.25) is 0 Å². The number of thiol groups is 1. The summed E-state index contributed by atoms with van der Waals surface area (Å²) >= 11 is 10.1. The number of thioether (sulfide) groups is 1. The molecule has 0 aromatic carbocycles. The molecule has 0 aliphatic heterocycles. The van der Waals surface area contributed by atoms with E-state index in [1.54, 1.807) is 0 Å². The lowest BCUT2D eigenvalue weighted by molar-refractivity contribution is 1.48. The second-order valence-corrected chi connectivity index (χ2v) is 3.64. The predicted molar refractivity (Wildman–Crippen MR) is 57.8 cm³/mol. The first-order chi connectivity index (χ1) is 4.65. The SMILES string of the molecule is CCSCCS.NC(N)=S. The molecule has 4 N–H and O–H groups in total. The average molecular weight is 198 g/mol. The lowest BCUT2D eigenvalue weighted by atomic mass is 10.9. The first-order valence-electron chi connectivity index (χ1n) is 2.88. The van der Waals surface area contributed by atoms with E-state index < -0.39 is 0 Å². The highest BCUT2D eigenvalue weighted by molar-refractivity contribution is 7.99. The first-order valence-corrected chi connectivity index (χ1v) is 5.08. The first kappa shape index (κ1) is 13.0. The van der Waals surface area contributed by atoms with Gasteiger partial charge >= 0.3 is 0 Å². The monoisotopic (exact) mass is 198 g/mol. The minimum Gasteiger partial charge on any atom is -0.377 e. The van der Waals surface area contributed by atoms with Crippen LogP contribution >= 0.6 is 36.6 Å². The van der Waals surface area contributed by atoms with Crippen molar-refractivity contribution in [2.45, 2.75) is 6.92 Å². The van der Waals surface area contributed by atoms with Crippen molar-refractivity contribution in [1.29, 1.82) is 0 Å². The normalized spacial score (nSPS) is 7.80. The van der Waals surface area contributed by atoms with Crippen LogP contribution in [0.1, 0.15) is 6.92 Å².